The van der Waals surface area contributed by atoms with Gasteiger partial charge in [-0.2, -0.15) is 0 Å². The summed E-state index contributed by atoms with van der Waals surface area (Å²) in [6.45, 7) is 4.18. The quantitative estimate of drug-likeness (QED) is 0.770. The van der Waals surface area contributed by atoms with Crippen molar-refractivity contribution >= 4 is 32.3 Å². The molecule has 3 aromatic rings. The summed E-state index contributed by atoms with van der Waals surface area (Å²) in [7, 11) is -3.58. The van der Waals surface area contributed by atoms with E-state index in [1.165, 1.54) is 0 Å². The van der Waals surface area contributed by atoms with Crippen molar-refractivity contribution < 1.29 is 8.42 Å². The van der Waals surface area contributed by atoms with Gasteiger partial charge in [0, 0.05) is 29.9 Å². The maximum Gasteiger partial charge on any atom is 0.241 e. The standard InChI is InChI=1S/C16H17N3O2S2/c1-11-5-6-15(14-4-3-8-17-16(11)14)23(20,21)18-9-7-13-10-22-12(2)19-13/h3-6,8,10,18H,7,9H2,1-2H3. The van der Waals surface area contributed by atoms with Crippen LogP contribution in [0, 0.1) is 13.8 Å². The van der Waals surface area contributed by atoms with Crippen molar-refractivity contribution in [2.75, 3.05) is 6.54 Å². The van der Waals surface area contributed by atoms with Crippen molar-refractivity contribution in [2.24, 2.45) is 0 Å². The molecule has 0 amide bonds. The van der Waals surface area contributed by atoms with E-state index in [9.17, 15) is 8.42 Å². The monoisotopic (exact) mass is 347 g/mol. The van der Waals surface area contributed by atoms with Crippen LogP contribution in [-0.2, 0) is 16.4 Å². The van der Waals surface area contributed by atoms with E-state index in [2.05, 4.69) is 14.7 Å². The Morgan fingerprint density at radius 2 is 2.04 bits per heavy atom. The van der Waals surface area contributed by atoms with Gasteiger partial charge in [-0.3, -0.25) is 4.98 Å². The molecule has 2 aromatic heterocycles. The summed E-state index contributed by atoms with van der Waals surface area (Å²) >= 11 is 1.57. The Hall–Kier alpha value is -1.83. The second-order valence-electron chi connectivity index (χ2n) is 5.29. The number of pyridine rings is 1. The molecule has 0 radical (unpaired) electrons. The maximum atomic E-state index is 12.6. The van der Waals surface area contributed by atoms with Crippen molar-refractivity contribution in [3.05, 3.63) is 52.1 Å². The van der Waals surface area contributed by atoms with Gasteiger partial charge in [-0.15, -0.1) is 11.3 Å². The van der Waals surface area contributed by atoms with Gasteiger partial charge in [-0.05, 0) is 37.6 Å². The highest BCUT2D eigenvalue weighted by Gasteiger charge is 2.18. The molecule has 0 atom stereocenters. The fraction of sp³-hybridized carbons (Fsp3) is 0.250. The van der Waals surface area contributed by atoms with E-state index in [1.807, 2.05) is 19.2 Å². The van der Waals surface area contributed by atoms with Gasteiger partial charge in [0.25, 0.3) is 0 Å². The average Bonchev–Trinajstić information content (AvgIpc) is 2.93. The van der Waals surface area contributed by atoms with E-state index in [4.69, 9.17) is 0 Å². The molecular formula is C16H17N3O2S2. The van der Waals surface area contributed by atoms with Gasteiger partial charge in [0.15, 0.2) is 0 Å². The molecule has 0 saturated carbocycles. The fourth-order valence-corrected chi connectivity index (χ4v) is 4.31. The Kier molecular flexibility index (Phi) is 4.43. The topological polar surface area (TPSA) is 72.0 Å². The van der Waals surface area contributed by atoms with Gasteiger partial charge in [0.2, 0.25) is 10.0 Å². The van der Waals surface area contributed by atoms with Crippen molar-refractivity contribution in [1.29, 1.82) is 0 Å². The molecule has 0 aliphatic heterocycles. The van der Waals surface area contributed by atoms with E-state index in [0.717, 1.165) is 16.3 Å². The highest BCUT2D eigenvalue weighted by atomic mass is 32.2. The molecule has 0 aliphatic rings. The van der Waals surface area contributed by atoms with Gasteiger partial charge in [0.05, 0.1) is 21.1 Å². The van der Waals surface area contributed by atoms with Crippen LogP contribution in [0.25, 0.3) is 10.9 Å². The number of rotatable bonds is 5. The second kappa shape index (κ2) is 6.35. The molecule has 0 bridgehead atoms. The molecule has 23 heavy (non-hydrogen) atoms. The predicted octanol–water partition coefficient (Wildman–Crippen LogP) is 2.83. The van der Waals surface area contributed by atoms with Crippen LogP contribution in [0.15, 0.2) is 40.7 Å². The van der Waals surface area contributed by atoms with Crippen LogP contribution >= 0.6 is 11.3 Å². The number of nitrogens with zero attached hydrogens (tertiary/aromatic N) is 2. The zero-order valence-electron chi connectivity index (χ0n) is 12.9. The third kappa shape index (κ3) is 3.41. The minimum absolute atomic E-state index is 0.264. The van der Waals surface area contributed by atoms with Crippen LogP contribution in [0.5, 0.6) is 0 Å². The van der Waals surface area contributed by atoms with Crippen molar-refractivity contribution in [1.82, 2.24) is 14.7 Å². The number of hydrogen-bond acceptors (Lipinski definition) is 5. The second-order valence-corrected chi connectivity index (χ2v) is 8.08. The summed E-state index contributed by atoms with van der Waals surface area (Å²) in [5, 5.41) is 3.58. The van der Waals surface area contributed by atoms with Crippen molar-refractivity contribution in [2.45, 2.75) is 25.2 Å². The van der Waals surface area contributed by atoms with Crippen LogP contribution < -0.4 is 4.72 Å². The van der Waals surface area contributed by atoms with Gasteiger partial charge in [-0.1, -0.05) is 6.07 Å². The SMILES string of the molecule is Cc1nc(CCNS(=O)(=O)c2ccc(C)c3ncccc23)cs1. The summed E-state index contributed by atoms with van der Waals surface area (Å²) < 4.78 is 27.8. The number of hydrogen-bond donors (Lipinski definition) is 1. The molecule has 0 aliphatic carbocycles. The Morgan fingerprint density at radius 3 is 2.78 bits per heavy atom. The van der Waals surface area contributed by atoms with E-state index < -0.39 is 10.0 Å². The summed E-state index contributed by atoms with van der Waals surface area (Å²) in [5.41, 5.74) is 2.58. The molecule has 7 heteroatoms. The first-order valence-electron chi connectivity index (χ1n) is 7.22. The van der Waals surface area contributed by atoms with Gasteiger partial charge < -0.3 is 0 Å². The predicted molar refractivity (Wildman–Crippen MR) is 92.2 cm³/mol. The van der Waals surface area contributed by atoms with Crippen LogP contribution in [0.2, 0.25) is 0 Å². The molecular weight excluding hydrogens is 330 g/mol. The van der Waals surface area contributed by atoms with Crippen LogP contribution in [0.1, 0.15) is 16.3 Å². The zero-order chi connectivity index (χ0) is 16.4. The number of aromatic nitrogens is 2. The van der Waals surface area contributed by atoms with E-state index in [1.54, 1.807) is 41.8 Å². The minimum atomic E-state index is -3.58. The maximum absolute atomic E-state index is 12.6. The average molecular weight is 347 g/mol. The van der Waals surface area contributed by atoms with Crippen LogP contribution in [0.4, 0.5) is 0 Å². The third-order valence-corrected chi connectivity index (χ3v) is 5.90. The molecule has 0 fully saturated rings. The van der Waals surface area contributed by atoms with Crippen LogP contribution in [-0.4, -0.2) is 24.9 Å². The number of benzene rings is 1. The van der Waals surface area contributed by atoms with Gasteiger partial charge in [-0.25, -0.2) is 18.1 Å². The largest absolute Gasteiger partial charge is 0.256 e. The molecule has 5 nitrogen and oxygen atoms in total. The molecule has 1 N–H and O–H groups in total. The van der Waals surface area contributed by atoms with Crippen LogP contribution in [0.3, 0.4) is 0 Å². The Bertz CT molecular complexity index is 949. The van der Waals surface area contributed by atoms with Gasteiger partial charge >= 0.3 is 0 Å². The smallest absolute Gasteiger partial charge is 0.241 e. The van der Waals surface area contributed by atoms with Crippen molar-refractivity contribution in [3.63, 3.8) is 0 Å². The minimum Gasteiger partial charge on any atom is -0.256 e. The highest BCUT2D eigenvalue weighted by molar-refractivity contribution is 7.89. The summed E-state index contributed by atoms with van der Waals surface area (Å²) in [5.74, 6) is 0. The first kappa shape index (κ1) is 16.0. The lowest BCUT2D eigenvalue weighted by Gasteiger charge is -2.10. The summed E-state index contributed by atoms with van der Waals surface area (Å²) in [4.78, 5) is 8.89. The molecule has 2 heterocycles. The first-order chi connectivity index (χ1) is 11.0. The molecule has 0 unspecified atom stereocenters. The molecule has 1 aromatic carbocycles. The zero-order valence-corrected chi connectivity index (χ0v) is 14.5. The highest BCUT2D eigenvalue weighted by Crippen LogP contribution is 2.24. The van der Waals surface area contributed by atoms with E-state index in [-0.39, 0.29) is 4.90 Å². The number of aryl methyl sites for hydroxylation is 2. The van der Waals surface area contributed by atoms with Gasteiger partial charge in [0.1, 0.15) is 0 Å². The number of nitrogens with one attached hydrogen (secondary N) is 1. The Balaban J connectivity index is 1.84. The number of fused-ring (bicyclic) bond motifs is 1. The van der Waals surface area contributed by atoms with E-state index in [0.29, 0.717) is 23.9 Å². The molecule has 0 saturated heterocycles. The molecule has 120 valence electrons. The lowest BCUT2D eigenvalue weighted by molar-refractivity contribution is 0.582. The third-order valence-electron chi connectivity index (χ3n) is 3.56. The Labute approximate surface area is 139 Å². The Morgan fingerprint density at radius 1 is 1.22 bits per heavy atom. The molecule has 3 rings (SSSR count). The van der Waals surface area contributed by atoms with Crippen molar-refractivity contribution in [3.8, 4) is 0 Å². The lowest BCUT2D eigenvalue weighted by atomic mass is 10.1. The lowest BCUT2D eigenvalue weighted by Crippen LogP contribution is -2.26. The number of thiazole rings is 1. The summed E-state index contributed by atoms with van der Waals surface area (Å²) in [6, 6.07) is 6.95. The van der Waals surface area contributed by atoms with E-state index >= 15 is 0 Å². The molecule has 0 spiro atoms. The first-order valence-corrected chi connectivity index (χ1v) is 9.59. The normalized spacial score (nSPS) is 11.9. The summed E-state index contributed by atoms with van der Waals surface area (Å²) in [6.07, 6.45) is 2.25. The fourth-order valence-electron chi connectivity index (χ4n) is 2.44. The number of sulfonamides is 1.